The molecule has 25 heavy (non-hydrogen) atoms. The van der Waals surface area contributed by atoms with Gasteiger partial charge in [-0.25, -0.2) is 4.99 Å². The first-order valence-electron chi connectivity index (χ1n) is 8.14. The van der Waals surface area contributed by atoms with E-state index in [1.165, 1.54) is 4.90 Å². The van der Waals surface area contributed by atoms with E-state index >= 15 is 0 Å². The summed E-state index contributed by atoms with van der Waals surface area (Å²) >= 11 is 1.64. The Morgan fingerprint density at radius 3 is 2.92 bits per heavy atom. The van der Waals surface area contributed by atoms with Gasteiger partial charge in [-0.15, -0.1) is 11.3 Å². The van der Waals surface area contributed by atoms with Crippen LogP contribution in [-0.4, -0.2) is 23.8 Å². The van der Waals surface area contributed by atoms with Crippen LogP contribution in [-0.2, 0) is 16.8 Å². The van der Waals surface area contributed by atoms with Crippen molar-refractivity contribution in [3.8, 4) is 6.07 Å². The second-order valence-electron chi connectivity index (χ2n) is 6.16. The van der Waals surface area contributed by atoms with Gasteiger partial charge in [-0.2, -0.15) is 5.26 Å². The summed E-state index contributed by atoms with van der Waals surface area (Å²) in [6.45, 7) is 5.70. The predicted molar refractivity (Wildman–Crippen MR) is 101 cm³/mol. The molecule has 3 rings (SSSR count). The lowest BCUT2D eigenvalue weighted by Gasteiger charge is -2.29. The van der Waals surface area contributed by atoms with Crippen LogP contribution in [0.5, 0.6) is 0 Å². The number of fused-ring (bicyclic) bond motifs is 2. The summed E-state index contributed by atoms with van der Waals surface area (Å²) in [5, 5.41) is 9.16. The van der Waals surface area contributed by atoms with Crippen LogP contribution in [0.2, 0.25) is 0 Å². The van der Waals surface area contributed by atoms with Crippen molar-refractivity contribution in [2.24, 2.45) is 10.7 Å². The van der Waals surface area contributed by atoms with Gasteiger partial charge in [0.05, 0.1) is 6.07 Å². The van der Waals surface area contributed by atoms with Crippen LogP contribution in [0.1, 0.15) is 35.1 Å². The number of nitriles is 1. The molecule has 1 aliphatic heterocycles. The first-order valence-corrected chi connectivity index (χ1v) is 8.96. The van der Waals surface area contributed by atoms with Gasteiger partial charge >= 0.3 is 0 Å². The van der Waals surface area contributed by atoms with Crippen molar-refractivity contribution in [1.29, 1.82) is 5.26 Å². The molecule has 2 N–H and O–H groups in total. The maximum atomic E-state index is 12.8. The fraction of sp³-hybridized carbons (Fsp3) is 0.316. The lowest BCUT2D eigenvalue weighted by Crippen LogP contribution is -2.41. The zero-order valence-electron chi connectivity index (χ0n) is 14.4. The summed E-state index contributed by atoms with van der Waals surface area (Å²) < 4.78 is 0. The largest absolute Gasteiger partial charge is 0.369 e. The number of likely N-dealkylation sites (N-methyl/N-ethyl adjacent to an activating group) is 1. The Labute approximate surface area is 151 Å². The van der Waals surface area contributed by atoms with Crippen molar-refractivity contribution in [3.63, 3.8) is 0 Å². The molecule has 1 spiro atoms. The highest BCUT2D eigenvalue weighted by molar-refractivity contribution is 7.13. The van der Waals surface area contributed by atoms with Gasteiger partial charge < -0.3 is 5.73 Å². The van der Waals surface area contributed by atoms with Gasteiger partial charge in [0.25, 0.3) is 5.91 Å². The van der Waals surface area contributed by atoms with Crippen LogP contribution in [0, 0.1) is 11.3 Å². The summed E-state index contributed by atoms with van der Waals surface area (Å²) in [6.07, 6.45) is 7.81. The standard InChI is InChI=1S/C19H20N4OS/c1-4-12(11-20)9-13(5-2)16-10-14-15(25-16)7-6-8-19(14)17(24)23(3)18(21)22-19/h4-5,9-10H,2,6-8H2,1,3H3,(H2,21,22)/b12-4+,13-9+. The highest BCUT2D eigenvalue weighted by Crippen LogP contribution is 2.47. The molecule has 0 aromatic carbocycles. The van der Waals surface area contributed by atoms with Crippen LogP contribution >= 0.6 is 11.3 Å². The number of nitrogens with two attached hydrogens (primary N) is 1. The number of aliphatic imine (C=N–C) groups is 1. The van der Waals surface area contributed by atoms with Gasteiger partial charge in [0, 0.05) is 27.9 Å². The third kappa shape index (κ3) is 2.61. The number of rotatable bonds is 3. The van der Waals surface area contributed by atoms with E-state index in [4.69, 9.17) is 11.0 Å². The lowest BCUT2D eigenvalue weighted by atomic mass is 9.80. The third-order valence-electron chi connectivity index (χ3n) is 4.76. The van der Waals surface area contributed by atoms with Crippen LogP contribution in [0.15, 0.2) is 41.4 Å². The van der Waals surface area contributed by atoms with E-state index < -0.39 is 5.54 Å². The summed E-state index contributed by atoms with van der Waals surface area (Å²) in [6, 6.07) is 4.18. The Hall–Kier alpha value is -2.65. The number of nitrogens with zero attached hydrogens (tertiary/aromatic N) is 3. The van der Waals surface area contributed by atoms with Gasteiger partial charge in [-0.3, -0.25) is 9.69 Å². The molecule has 1 aliphatic carbocycles. The maximum absolute atomic E-state index is 12.8. The number of carbonyl (C=O) groups is 1. The molecular formula is C19H20N4OS. The predicted octanol–water partition coefficient (Wildman–Crippen LogP) is 3.11. The van der Waals surface area contributed by atoms with E-state index in [9.17, 15) is 4.79 Å². The van der Waals surface area contributed by atoms with E-state index in [0.29, 0.717) is 12.0 Å². The van der Waals surface area contributed by atoms with Crippen molar-refractivity contribution >= 4 is 28.8 Å². The number of guanidine groups is 1. The van der Waals surface area contributed by atoms with E-state index in [2.05, 4.69) is 17.6 Å². The highest BCUT2D eigenvalue weighted by atomic mass is 32.1. The third-order valence-corrected chi connectivity index (χ3v) is 6.00. The van der Waals surface area contributed by atoms with Gasteiger partial charge in [-0.05, 0) is 43.9 Å². The summed E-state index contributed by atoms with van der Waals surface area (Å²) in [4.78, 5) is 21.0. The van der Waals surface area contributed by atoms with E-state index in [1.807, 2.05) is 19.1 Å². The molecule has 1 atom stereocenters. The second-order valence-corrected chi connectivity index (χ2v) is 7.29. The van der Waals surface area contributed by atoms with Gasteiger partial charge in [-0.1, -0.05) is 18.7 Å². The van der Waals surface area contributed by atoms with Crippen molar-refractivity contribution in [3.05, 3.63) is 51.8 Å². The van der Waals surface area contributed by atoms with Gasteiger partial charge in [0.15, 0.2) is 11.5 Å². The van der Waals surface area contributed by atoms with Crippen molar-refractivity contribution < 1.29 is 4.79 Å². The Bertz CT molecular complexity index is 884. The number of hydrogen-bond donors (Lipinski definition) is 1. The zero-order valence-corrected chi connectivity index (χ0v) is 15.2. The van der Waals surface area contributed by atoms with Crippen LogP contribution in [0.25, 0.3) is 5.57 Å². The van der Waals surface area contributed by atoms with Crippen LogP contribution in [0.4, 0.5) is 0 Å². The monoisotopic (exact) mass is 352 g/mol. The van der Waals surface area contributed by atoms with Crippen LogP contribution < -0.4 is 5.73 Å². The van der Waals surface area contributed by atoms with Crippen molar-refractivity contribution in [1.82, 2.24) is 4.90 Å². The second kappa shape index (κ2) is 6.34. The molecule has 2 aliphatic rings. The highest BCUT2D eigenvalue weighted by Gasteiger charge is 2.50. The molecule has 0 saturated heterocycles. The topological polar surface area (TPSA) is 82.5 Å². The molecular weight excluding hydrogens is 332 g/mol. The number of allylic oxidation sites excluding steroid dienone is 5. The van der Waals surface area contributed by atoms with E-state index in [0.717, 1.165) is 33.7 Å². The number of amides is 1. The Balaban J connectivity index is 2.12. The first-order chi connectivity index (χ1) is 12.0. The van der Waals surface area contributed by atoms with E-state index in [-0.39, 0.29) is 11.9 Å². The molecule has 0 fully saturated rings. The molecule has 0 bridgehead atoms. The molecule has 2 heterocycles. The molecule has 1 unspecified atom stereocenters. The molecule has 1 aromatic heterocycles. The summed E-state index contributed by atoms with van der Waals surface area (Å²) in [7, 11) is 1.66. The Morgan fingerprint density at radius 1 is 1.60 bits per heavy atom. The minimum absolute atomic E-state index is 0.0643. The SMILES string of the molecule is C=C/C(=C\C(C#N)=C/C)c1cc2c(s1)CCCC21N=C(N)N(C)C1=O. The van der Waals surface area contributed by atoms with Crippen molar-refractivity contribution in [2.75, 3.05) is 7.05 Å². The molecule has 1 amide bonds. The maximum Gasteiger partial charge on any atom is 0.261 e. The number of aryl methyl sites for hydroxylation is 1. The Kier molecular flexibility index (Phi) is 4.36. The fourth-order valence-electron chi connectivity index (χ4n) is 3.36. The molecule has 0 saturated carbocycles. The van der Waals surface area contributed by atoms with Gasteiger partial charge in [0.2, 0.25) is 0 Å². The van der Waals surface area contributed by atoms with Crippen molar-refractivity contribution in [2.45, 2.75) is 31.7 Å². The van der Waals surface area contributed by atoms with E-state index in [1.54, 1.807) is 30.5 Å². The minimum Gasteiger partial charge on any atom is -0.369 e. The normalized spacial score (nSPS) is 23.5. The first kappa shape index (κ1) is 17.2. The number of thiophene rings is 1. The smallest absolute Gasteiger partial charge is 0.261 e. The quantitative estimate of drug-likeness (QED) is 0.670. The molecule has 6 heteroatoms. The number of carbonyl (C=O) groups excluding carboxylic acids is 1. The summed E-state index contributed by atoms with van der Waals surface area (Å²) in [5.41, 5.74) is 7.43. The number of hydrogen-bond acceptors (Lipinski definition) is 5. The minimum atomic E-state index is -0.883. The fourth-order valence-corrected chi connectivity index (χ4v) is 4.65. The van der Waals surface area contributed by atoms with Crippen LogP contribution in [0.3, 0.4) is 0 Å². The lowest BCUT2D eigenvalue weighted by molar-refractivity contribution is -0.131. The zero-order chi connectivity index (χ0) is 18.2. The Morgan fingerprint density at radius 2 is 2.36 bits per heavy atom. The average molecular weight is 352 g/mol. The van der Waals surface area contributed by atoms with Gasteiger partial charge in [0.1, 0.15) is 0 Å². The molecule has 5 nitrogen and oxygen atoms in total. The molecule has 0 radical (unpaired) electrons. The summed E-state index contributed by atoms with van der Waals surface area (Å²) in [5.74, 6) is 0.205. The molecule has 128 valence electrons. The average Bonchev–Trinajstić information content (AvgIpc) is 3.14. The molecule has 1 aromatic rings.